The Morgan fingerprint density at radius 2 is 1.76 bits per heavy atom. The fourth-order valence-corrected chi connectivity index (χ4v) is 2.51. The first-order valence-corrected chi connectivity index (χ1v) is 7.36. The van der Waals surface area contributed by atoms with Crippen LogP contribution in [0.4, 0.5) is 11.5 Å². The highest BCUT2D eigenvalue weighted by molar-refractivity contribution is 5.76. The molecule has 8 nitrogen and oxygen atoms in total. The van der Waals surface area contributed by atoms with Crippen molar-refractivity contribution in [2.45, 2.75) is 0 Å². The molecule has 0 saturated heterocycles. The number of hydrogen-bond acceptors (Lipinski definition) is 6. The van der Waals surface area contributed by atoms with Gasteiger partial charge in [-0.3, -0.25) is 10.1 Å². The summed E-state index contributed by atoms with van der Waals surface area (Å²) in [6.45, 7) is 0. The number of anilines is 1. The van der Waals surface area contributed by atoms with Crippen molar-refractivity contribution in [1.82, 2.24) is 9.78 Å². The van der Waals surface area contributed by atoms with Gasteiger partial charge in [-0.05, 0) is 29.8 Å². The first-order valence-electron chi connectivity index (χ1n) is 7.36. The van der Waals surface area contributed by atoms with E-state index in [1.165, 1.54) is 16.8 Å². The van der Waals surface area contributed by atoms with Crippen molar-refractivity contribution in [3.63, 3.8) is 0 Å². The molecule has 0 aliphatic rings. The number of methoxy groups -OCH3 is 2. The maximum atomic E-state index is 10.8. The van der Waals surface area contributed by atoms with Crippen LogP contribution in [-0.2, 0) is 0 Å². The first kappa shape index (κ1) is 16.3. The Labute approximate surface area is 143 Å². The summed E-state index contributed by atoms with van der Waals surface area (Å²) < 4.78 is 12.1. The number of non-ortho nitro benzene ring substituents is 1. The zero-order valence-corrected chi connectivity index (χ0v) is 13.7. The third kappa shape index (κ3) is 2.97. The molecule has 0 unspecified atom stereocenters. The molecule has 0 fully saturated rings. The Morgan fingerprint density at radius 3 is 2.36 bits per heavy atom. The molecule has 0 radical (unpaired) electrons. The standard InChI is InChI=1S/C17H16N4O4/c1-24-15-8-3-11(9-16(15)25-2)14-10-19-20(17(14)18)12-4-6-13(7-5-12)21(22)23/h3-10H,18H2,1-2H3. The largest absolute Gasteiger partial charge is 0.493 e. The van der Waals surface area contributed by atoms with Crippen LogP contribution in [0.25, 0.3) is 16.8 Å². The molecule has 25 heavy (non-hydrogen) atoms. The van der Waals surface area contributed by atoms with E-state index in [4.69, 9.17) is 15.2 Å². The van der Waals surface area contributed by atoms with Crippen LogP contribution in [-0.4, -0.2) is 28.9 Å². The quantitative estimate of drug-likeness (QED) is 0.565. The number of nitro benzene ring substituents is 1. The molecule has 0 aliphatic carbocycles. The summed E-state index contributed by atoms with van der Waals surface area (Å²) in [6.07, 6.45) is 1.64. The molecule has 0 bridgehead atoms. The molecule has 0 saturated carbocycles. The number of nitrogens with zero attached hydrogens (tertiary/aromatic N) is 3. The van der Waals surface area contributed by atoms with Gasteiger partial charge < -0.3 is 15.2 Å². The van der Waals surface area contributed by atoms with Crippen LogP contribution < -0.4 is 15.2 Å². The normalized spacial score (nSPS) is 10.5. The molecule has 8 heteroatoms. The van der Waals surface area contributed by atoms with Crippen molar-refractivity contribution in [3.8, 4) is 28.3 Å². The number of rotatable bonds is 5. The number of nitrogen functional groups attached to an aromatic ring is 1. The van der Waals surface area contributed by atoms with Gasteiger partial charge in [0.2, 0.25) is 0 Å². The van der Waals surface area contributed by atoms with E-state index >= 15 is 0 Å². The van der Waals surface area contributed by atoms with Gasteiger partial charge in [0.15, 0.2) is 11.5 Å². The Balaban J connectivity index is 2.00. The van der Waals surface area contributed by atoms with Gasteiger partial charge in [0, 0.05) is 17.7 Å². The van der Waals surface area contributed by atoms with E-state index in [0.717, 1.165) is 11.1 Å². The molecule has 2 N–H and O–H groups in total. The highest BCUT2D eigenvalue weighted by atomic mass is 16.6. The fourth-order valence-electron chi connectivity index (χ4n) is 2.51. The third-order valence-electron chi connectivity index (χ3n) is 3.81. The van der Waals surface area contributed by atoms with Crippen molar-refractivity contribution < 1.29 is 14.4 Å². The topological polar surface area (TPSA) is 105 Å². The van der Waals surface area contributed by atoms with Gasteiger partial charge in [-0.1, -0.05) is 6.07 Å². The molecule has 3 rings (SSSR count). The molecular weight excluding hydrogens is 324 g/mol. The van der Waals surface area contributed by atoms with Gasteiger partial charge in [-0.15, -0.1) is 0 Å². The van der Waals surface area contributed by atoms with Gasteiger partial charge in [0.25, 0.3) is 5.69 Å². The highest BCUT2D eigenvalue weighted by Crippen LogP contribution is 2.35. The summed E-state index contributed by atoms with van der Waals surface area (Å²) in [5.74, 6) is 1.62. The van der Waals surface area contributed by atoms with E-state index in [9.17, 15) is 10.1 Å². The number of nitrogens with two attached hydrogens (primary N) is 1. The smallest absolute Gasteiger partial charge is 0.269 e. The third-order valence-corrected chi connectivity index (χ3v) is 3.81. The van der Waals surface area contributed by atoms with E-state index in [-0.39, 0.29) is 5.69 Å². The summed E-state index contributed by atoms with van der Waals surface area (Å²) in [7, 11) is 3.13. The zero-order chi connectivity index (χ0) is 18.0. The van der Waals surface area contributed by atoms with Crippen molar-refractivity contribution in [2.24, 2.45) is 0 Å². The number of nitro groups is 1. The van der Waals surface area contributed by atoms with Gasteiger partial charge in [-0.25, -0.2) is 4.68 Å². The maximum Gasteiger partial charge on any atom is 0.269 e. The summed E-state index contributed by atoms with van der Waals surface area (Å²) in [5, 5.41) is 15.0. The first-order chi connectivity index (χ1) is 12.0. The van der Waals surface area contributed by atoms with E-state index in [0.29, 0.717) is 23.0 Å². The minimum Gasteiger partial charge on any atom is -0.493 e. The Kier molecular flexibility index (Phi) is 4.25. The van der Waals surface area contributed by atoms with Crippen LogP contribution in [0.1, 0.15) is 0 Å². The Bertz CT molecular complexity index is 919. The van der Waals surface area contributed by atoms with E-state index in [2.05, 4.69) is 5.10 Å². The van der Waals surface area contributed by atoms with Gasteiger partial charge in [0.1, 0.15) is 5.82 Å². The van der Waals surface area contributed by atoms with Gasteiger partial charge in [-0.2, -0.15) is 5.10 Å². The predicted octanol–water partition coefficient (Wildman–Crippen LogP) is 3.05. The van der Waals surface area contributed by atoms with Crippen molar-refractivity contribution in [2.75, 3.05) is 20.0 Å². The molecule has 0 aliphatic heterocycles. The molecule has 0 spiro atoms. The lowest BCUT2D eigenvalue weighted by molar-refractivity contribution is -0.384. The SMILES string of the molecule is COc1ccc(-c2cnn(-c3ccc([N+](=O)[O-])cc3)c2N)cc1OC. The lowest BCUT2D eigenvalue weighted by atomic mass is 10.1. The highest BCUT2D eigenvalue weighted by Gasteiger charge is 2.14. The minimum absolute atomic E-state index is 0.00888. The van der Waals surface area contributed by atoms with Crippen LogP contribution in [0.15, 0.2) is 48.7 Å². The van der Waals surface area contributed by atoms with Crippen molar-refractivity contribution >= 4 is 11.5 Å². The summed E-state index contributed by atoms with van der Waals surface area (Å²) >= 11 is 0. The van der Waals surface area contributed by atoms with E-state index in [1.807, 2.05) is 12.1 Å². The monoisotopic (exact) mass is 340 g/mol. The average Bonchev–Trinajstić information content (AvgIpc) is 3.02. The molecule has 0 atom stereocenters. The number of benzene rings is 2. The number of ether oxygens (including phenoxy) is 2. The minimum atomic E-state index is -0.453. The van der Waals surface area contributed by atoms with Crippen molar-refractivity contribution in [1.29, 1.82) is 0 Å². The average molecular weight is 340 g/mol. The van der Waals surface area contributed by atoms with Gasteiger partial charge in [0.05, 0.1) is 31.0 Å². The second-order valence-corrected chi connectivity index (χ2v) is 5.20. The molecule has 1 aromatic heterocycles. The summed E-state index contributed by atoms with van der Waals surface area (Å²) in [6, 6.07) is 11.5. The Morgan fingerprint density at radius 1 is 1.08 bits per heavy atom. The van der Waals surface area contributed by atoms with Crippen LogP contribution in [0, 0.1) is 10.1 Å². The number of hydrogen-bond donors (Lipinski definition) is 1. The molecule has 3 aromatic rings. The lowest BCUT2D eigenvalue weighted by Crippen LogP contribution is -2.02. The predicted molar refractivity (Wildman–Crippen MR) is 93.2 cm³/mol. The molecule has 0 amide bonds. The number of aromatic nitrogens is 2. The summed E-state index contributed by atoms with van der Waals surface area (Å²) in [4.78, 5) is 10.3. The van der Waals surface area contributed by atoms with E-state index in [1.54, 1.807) is 38.6 Å². The van der Waals surface area contributed by atoms with Crippen LogP contribution in [0.5, 0.6) is 11.5 Å². The zero-order valence-electron chi connectivity index (χ0n) is 13.7. The van der Waals surface area contributed by atoms with Crippen LogP contribution >= 0.6 is 0 Å². The van der Waals surface area contributed by atoms with Crippen LogP contribution in [0.2, 0.25) is 0 Å². The Hall–Kier alpha value is -3.55. The molecular formula is C17H16N4O4. The second kappa shape index (κ2) is 6.52. The summed E-state index contributed by atoms with van der Waals surface area (Å²) in [5.41, 5.74) is 8.41. The van der Waals surface area contributed by atoms with Crippen LogP contribution in [0.3, 0.4) is 0 Å². The molecule has 128 valence electrons. The van der Waals surface area contributed by atoms with E-state index < -0.39 is 4.92 Å². The maximum absolute atomic E-state index is 10.8. The van der Waals surface area contributed by atoms with Gasteiger partial charge >= 0.3 is 0 Å². The van der Waals surface area contributed by atoms with Crippen molar-refractivity contribution in [3.05, 3.63) is 58.8 Å². The lowest BCUT2D eigenvalue weighted by Gasteiger charge is -2.09. The fraction of sp³-hybridized carbons (Fsp3) is 0.118. The molecule has 1 heterocycles. The second-order valence-electron chi connectivity index (χ2n) is 5.20. The molecule has 2 aromatic carbocycles.